The Hall–Kier alpha value is -0.930. The minimum atomic E-state index is -3.87. The Morgan fingerprint density at radius 3 is 2.71 bits per heavy atom. The minimum absolute atomic E-state index is 0.0835. The molecule has 0 bridgehead atoms. The van der Waals surface area contributed by atoms with Crippen LogP contribution >= 0.6 is 34.5 Å². The largest absolute Gasteiger partial charge is 0.313 e. The van der Waals surface area contributed by atoms with Gasteiger partial charge < -0.3 is 5.32 Å². The Kier molecular flexibility index (Phi) is 5.39. The lowest BCUT2D eigenvalue weighted by atomic mass is 10.2. The fraction of sp³-hybridized carbons (Fsp3) is 0.273. The second-order valence-corrected chi connectivity index (χ2v) is 7.31. The quantitative estimate of drug-likeness (QED) is 0.820. The molecule has 0 spiro atoms. The first-order chi connectivity index (χ1) is 9.94. The SMILES string of the molecule is CCNCc1cc(Cl)cc(S(=O)(=O)Nc2nncs2)c1Cl. The highest BCUT2D eigenvalue weighted by atomic mass is 35.5. The van der Waals surface area contributed by atoms with Crippen molar-refractivity contribution < 1.29 is 8.42 Å². The van der Waals surface area contributed by atoms with Crippen LogP contribution in [0.25, 0.3) is 0 Å². The van der Waals surface area contributed by atoms with E-state index in [2.05, 4.69) is 20.2 Å². The molecule has 0 fully saturated rings. The van der Waals surface area contributed by atoms with E-state index in [-0.39, 0.29) is 15.0 Å². The number of halogens is 2. The van der Waals surface area contributed by atoms with Gasteiger partial charge in [0.25, 0.3) is 10.0 Å². The molecule has 0 aliphatic carbocycles. The number of anilines is 1. The van der Waals surface area contributed by atoms with E-state index in [1.807, 2.05) is 6.92 Å². The number of nitrogens with one attached hydrogen (secondary N) is 2. The van der Waals surface area contributed by atoms with E-state index >= 15 is 0 Å². The summed E-state index contributed by atoms with van der Waals surface area (Å²) in [5.74, 6) is 0. The number of benzene rings is 1. The second-order valence-electron chi connectivity index (χ2n) is 4.01. The van der Waals surface area contributed by atoms with Crippen molar-refractivity contribution in [2.75, 3.05) is 11.3 Å². The maximum atomic E-state index is 12.4. The summed E-state index contributed by atoms with van der Waals surface area (Å²) in [5.41, 5.74) is 2.04. The van der Waals surface area contributed by atoms with Crippen LogP contribution in [-0.4, -0.2) is 25.2 Å². The first-order valence-corrected chi connectivity index (χ1v) is 9.03. The van der Waals surface area contributed by atoms with Crippen LogP contribution in [0.5, 0.6) is 0 Å². The van der Waals surface area contributed by atoms with Gasteiger partial charge in [0.2, 0.25) is 5.13 Å². The first-order valence-electron chi connectivity index (χ1n) is 5.91. The molecule has 0 saturated heterocycles. The van der Waals surface area contributed by atoms with Crippen LogP contribution in [-0.2, 0) is 16.6 Å². The number of aromatic nitrogens is 2. The summed E-state index contributed by atoms with van der Waals surface area (Å²) in [4.78, 5) is -0.0835. The first kappa shape index (κ1) is 16.4. The van der Waals surface area contributed by atoms with Gasteiger partial charge in [-0.15, -0.1) is 10.2 Å². The van der Waals surface area contributed by atoms with Crippen LogP contribution in [0.3, 0.4) is 0 Å². The van der Waals surface area contributed by atoms with Crippen LogP contribution in [0.15, 0.2) is 22.5 Å². The van der Waals surface area contributed by atoms with Gasteiger partial charge >= 0.3 is 0 Å². The van der Waals surface area contributed by atoms with Crippen LogP contribution in [0.1, 0.15) is 12.5 Å². The molecule has 2 rings (SSSR count). The molecule has 0 saturated carbocycles. The van der Waals surface area contributed by atoms with E-state index in [1.165, 1.54) is 11.6 Å². The van der Waals surface area contributed by atoms with Crippen molar-refractivity contribution in [3.8, 4) is 0 Å². The summed E-state index contributed by atoms with van der Waals surface area (Å²) in [6, 6.07) is 2.94. The zero-order valence-electron chi connectivity index (χ0n) is 10.9. The maximum absolute atomic E-state index is 12.4. The van der Waals surface area contributed by atoms with Crippen molar-refractivity contribution >= 4 is 49.7 Å². The van der Waals surface area contributed by atoms with E-state index < -0.39 is 10.0 Å². The molecule has 21 heavy (non-hydrogen) atoms. The molecule has 0 atom stereocenters. The molecule has 1 aromatic heterocycles. The molecular weight excluding hydrogens is 355 g/mol. The van der Waals surface area contributed by atoms with Crippen LogP contribution < -0.4 is 10.0 Å². The topological polar surface area (TPSA) is 84.0 Å². The molecule has 0 unspecified atom stereocenters. The Bertz CT molecular complexity index is 720. The summed E-state index contributed by atoms with van der Waals surface area (Å²) in [6.07, 6.45) is 0. The van der Waals surface area contributed by atoms with Crippen molar-refractivity contribution in [1.82, 2.24) is 15.5 Å². The van der Waals surface area contributed by atoms with Gasteiger partial charge in [-0.3, -0.25) is 4.72 Å². The summed E-state index contributed by atoms with van der Waals surface area (Å²) in [6.45, 7) is 3.10. The van der Waals surface area contributed by atoms with Crippen LogP contribution in [0, 0.1) is 0 Å². The predicted molar refractivity (Wildman–Crippen MR) is 84.6 cm³/mol. The van der Waals surface area contributed by atoms with Gasteiger partial charge in [0.1, 0.15) is 10.4 Å². The highest BCUT2D eigenvalue weighted by Gasteiger charge is 2.22. The van der Waals surface area contributed by atoms with Crippen molar-refractivity contribution in [3.05, 3.63) is 33.3 Å². The standard InChI is InChI=1S/C11H12Cl2N4O2S2/c1-2-14-5-7-3-8(12)4-9(10(7)13)21(18,19)17-11-16-15-6-20-11/h3-4,6,14H,2,5H2,1H3,(H,16,17). The molecule has 0 radical (unpaired) electrons. The second kappa shape index (κ2) is 6.89. The van der Waals surface area contributed by atoms with Gasteiger partial charge in [-0.1, -0.05) is 41.5 Å². The molecule has 1 aromatic carbocycles. The van der Waals surface area contributed by atoms with Crippen molar-refractivity contribution in [3.63, 3.8) is 0 Å². The third-order valence-electron chi connectivity index (χ3n) is 2.52. The summed E-state index contributed by atoms with van der Waals surface area (Å²) >= 11 is 13.2. The summed E-state index contributed by atoms with van der Waals surface area (Å²) in [7, 11) is -3.87. The number of hydrogen-bond donors (Lipinski definition) is 2. The Morgan fingerprint density at radius 1 is 1.33 bits per heavy atom. The fourth-order valence-corrected chi connectivity index (χ4v) is 4.22. The number of rotatable bonds is 6. The molecule has 2 aromatic rings. The van der Waals surface area contributed by atoms with E-state index in [1.54, 1.807) is 6.07 Å². The molecule has 10 heteroatoms. The van der Waals surface area contributed by atoms with Crippen molar-refractivity contribution in [2.24, 2.45) is 0 Å². The smallest absolute Gasteiger partial charge is 0.265 e. The van der Waals surface area contributed by atoms with Crippen molar-refractivity contribution in [1.29, 1.82) is 0 Å². The highest BCUT2D eigenvalue weighted by Crippen LogP contribution is 2.30. The lowest BCUT2D eigenvalue weighted by Crippen LogP contribution is -2.16. The molecule has 114 valence electrons. The van der Waals surface area contributed by atoms with Gasteiger partial charge in [-0.25, -0.2) is 8.42 Å². The van der Waals surface area contributed by atoms with E-state index in [0.717, 1.165) is 17.9 Å². The highest BCUT2D eigenvalue weighted by molar-refractivity contribution is 7.93. The molecule has 6 nitrogen and oxygen atoms in total. The zero-order valence-corrected chi connectivity index (χ0v) is 14.1. The average molecular weight is 367 g/mol. The lowest BCUT2D eigenvalue weighted by Gasteiger charge is -2.12. The number of hydrogen-bond acceptors (Lipinski definition) is 6. The molecule has 0 aliphatic heterocycles. The molecule has 1 heterocycles. The minimum Gasteiger partial charge on any atom is -0.313 e. The third kappa shape index (κ3) is 4.04. The van der Waals surface area contributed by atoms with Gasteiger partial charge in [-0.2, -0.15) is 0 Å². The fourth-order valence-electron chi connectivity index (χ4n) is 1.59. The summed E-state index contributed by atoms with van der Waals surface area (Å²) in [5, 5.41) is 10.9. The Labute approximate surface area is 136 Å². The van der Waals surface area contributed by atoms with E-state index in [9.17, 15) is 8.42 Å². The predicted octanol–water partition coefficient (Wildman–Crippen LogP) is 2.76. The lowest BCUT2D eigenvalue weighted by molar-refractivity contribution is 0.601. The Balaban J connectivity index is 2.40. The molecular formula is C11H12Cl2N4O2S2. The van der Waals surface area contributed by atoms with Crippen molar-refractivity contribution in [2.45, 2.75) is 18.4 Å². The number of sulfonamides is 1. The van der Waals surface area contributed by atoms with E-state index in [0.29, 0.717) is 17.1 Å². The maximum Gasteiger partial charge on any atom is 0.265 e. The molecule has 2 N–H and O–H groups in total. The zero-order chi connectivity index (χ0) is 15.5. The van der Waals surface area contributed by atoms with Gasteiger partial charge in [0.05, 0.1) is 5.02 Å². The molecule has 0 aliphatic rings. The normalized spacial score (nSPS) is 11.6. The molecule has 0 amide bonds. The van der Waals surface area contributed by atoms with Crippen LogP contribution in [0.2, 0.25) is 10.0 Å². The third-order valence-corrected chi connectivity index (χ3v) is 5.39. The summed E-state index contributed by atoms with van der Waals surface area (Å²) < 4.78 is 27.0. The average Bonchev–Trinajstić information content (AvgIpc) is 2.91. The number of nitrogens with zero attached hydrogens (tertiary/aromatic N) is 2. The van der Waals surface area contributed by atoms with Gasteiger partial charge in [0, 0.05) is 11.6 Å². The monoisotopic (exact) mass is 366 g/mol. The van der Waals surface area contributed by atoms with Gasteiger partial charge in [0.15, 0.2) is 0 Å². The van der Waals surface area contributed by atoms with E-state index in [4.69, 9.17) is 23.2 Å². The Morgan fingerprint density at radius 2 is 2.10 bits per heavy atom. The van der Waals surface area contributed by atoms with Gasteiger partial charge in [-0.05, 0) is 24.2 Å². The van der Waals surface area contributed by atoms with Crippen LogP contribution in [0.4, 0.5) is 5.13 Å².